The Kier molecular flexibility index (Phi) is 5.34. The van der Waals surface area contributed by atoms with Gasteiger partial charge in [0.1, 0.15) is 4.90 Å². The Morgan fingerprint density at radius 2 is 1.58 bits per heavy atom. The number of rotatable bonds is 4. The average Bonchev–Trinajstić information content (AvgIpc) is 2.48. The van der Waals surface area contributed by atoms with Gasteiger partial charge in [-0.05, 0) is 31.2 Å². The maximum Gasteiger partial charge on any atom is 0.437 e. The molecule has 0 aliphatic carbocycles. The molecule has 0 atom stereocenters. The molecule has 24 heavy (non-hydrogen) atoms. The van der Waals surface area contributed by atoms with Crippen molar-refractivity contribution in [3.05, 3.63) is 64.1 Å². The van der Waals surface area contributed by atoms with Gasteiger partial charge in [-0.1, -0.05) is 50.9 Å². The van der Waals surface area contributed by atoms with E-state index >= 15 is 0 Å². The van der Waals surface area contributed by atoms with E-state index in [1.54, 1.807) is 6.92 Å². The van der Waals surface area contributed by atoms with Gasteiger partial charge in [0.15, 0.2) is 5.71 Å². The zero-order valence-electron chi connectivity index (χ0n) is 12.2. The Bertz CT molecular complexity index is 845. The lowest BCUT2D eigenvalue weighted by Gasteiger charge is -2.10. The van der Waals surface area contributed by atoms with E-state index in [-0.39, 0.29) is 10.5 Å². The Morgan fingerprint density at radius 1 is 1.04 bits per heavy atom. The van der Waals surface area contributed by atoms with Crippen LogP contribution in [0.4, 0.5) is 13.2 Å². The van der Waals surface area contributed by atoms with Crippen LogP contribution in [-0.4, -0.2) is 20.3 Å². The lowest BCUT2D eigenvalue weighted by Crippen LogP contribution is -2.25. The topological polar surface area (TPSA) is 55.7 Å². The van der Waals surface area contributed by atoms with Crippen molar-refractivity contribution in [2.24, 2.45) is 5.16 Å². The van der Waals surface area contributed by atoms with Crippen LogP contribution in [0.5, 0.6) is 0 Å². The Labute approximate surface area is 145 Å². The molecule has 0 spiro atoms. The van der Waals surface area contributed by atoms with Gasteiger partial charge in [0.05, 0.1) is 0 Å². The van der Waals surface area contributed by atoms with Crippen molar-refractivity contribution in [2.75, 3.05) is 0 Å². The van der Waals surface area contributed by atoms with Crippen molar-refractivity contribution in [3.8, 4) is 0 Å². The summed E-state index contributed by atoms with van der Waals surface area (Å²) in [7, 11) is -4.45. The summed E-state index contributed by atoms with van der Waals surface area (Å²) in [6.45, 7) is 1.74. The molecule has 0 saturated heterocycles. The van der Waals surface area contributed by atoms with Crippen LogP contribution in [0.2, 0.25) is 0 Å². The molecule has 0 unspecified atom stereocenters. The van der Waals surface area contributed by atoms with Gasteiger partial charge in [-0.3, -0.25) is 4.28 Å². The highest BCUT2D eigenvalue weighted by atomic mass is 79.9. The molecule has 0 heterocycles. The molecular formula is C15H11BrF3NO3S. The number of halogens is 4. The highest BCUT2D eigenvalue weighted by molar-refractivity contribution is 9.10. The zero-order valence-corrected chi connectivity index (χ0v) is 14.6. The minimum atomic E-state index is -4.88. The Morgan fingerprint density at radius 3 is 2.08 bits per heavy atom. The normalized spacial score (nSPS) is 13.0. The van der Waals surface area contributed by atoms with Gasteiger partial charge < -0.3 is 0 Å². The lowest BCUT2D eigenvalue weighted by atomic mass is 10.1. The van der Waals surface area contributed by atoms with Crippen molar-refractivity contribution >= 4 is 31.8 Å². The van der Waals surface area contributed by atoms with Crippen LogP contribution in [0.15, 0.2) is 63.1 Å². The lowest BCUT2D eigenvalue weighted by molar-refractivity contribution is -0.0597. The van der Waals surface area contributed by atoms with Crippen molar-refractivity contribution in [1.82, 2.24) is 0 Å². The van der Waals surface area contributed by atoms with Gasteiger partial charge in [0, 0.05) is 10.0 Å². The molecule has 2 aromatic rings. The quantitative estimate of drug-likeness (QED) is 0.541. The summed E-state index contributed by atoms with van der Waals surface area (Å²) in [5, 5.41) is 2.85. The van der Waals surface area contributed by atoms with Gasteiger partial charge in [-0.15, -0.1) is 0 Å². The van der Waals surface area contributed by atoms with Crippen molar-refractivity contribution in [1.29, 1.82) is 0 Å². The van der Waals surface area contributed by atoms with E-state index in [9.17, 15) is 21.6 Å². The third-order valence-electron chi connectivity index (χ3n) is 2.92. The second-order valence-corrected chi connectivity index (χ2v) is 7.23. The van der Waals surface area contributed by atoms with Crippen LogP contribution in [0.3, 0.4) is 0 Å². The second-order valence-electron chi connectivity index (χ2n) is 4.79. The fourth-order valence-corrected chi connectivity index (χ4v) is 2.70. The summed E-state index contributed by atoms with van der Waals surface area (Å²) < 4.78 is 68.1. The van der Waals surface area contributed by atoms with Gasteiger partial charge in [0.2, 0.25) is 0 Å². The smallest absolute Gasteiger partial charge is 0.264 e. The summed E-state index contributed by atoms with van der Waals surface area (Å²) in [6, 6.07) is 10.5. The van der Waals surface area contributed by atoms with E-state index in [1.165, 1.54) is 36.4 Å². The van der Waals surface area contributed by atoms with E-state index in [0.29, 0.717) is 4.47 Å². The minimum absolute atomic E-state index is 0.283. The third-order valence-corrected chi connectivity index (χ3v) is 4.57. The van der Waals surface area contributed by atoms with E-state index in [2.05, 4.69) is 25.4 Å². The molecular weight excluding hydrogens is 411 g/mol. The summed E-state index contributed by atoms with van der Waals surface area (Å²) in [6.07, 6.45) is -4.88. The number of oxime groups is 1. The summed E-state index contributed by atoms with van der Waals surface area (Å²) in [4.78, 5) is -0.283. The summed E-state index contributed by atoms with van der Waals surface area (Å²) >= 11 is 3.10. The average molecular weight is 422 g/mol. The monoisotopic (exact) mass is 421 g/mol. The number of nitrogens with zero attached hydrogens (tertiary/aromatic N) is 1. The molecule has 0 aliphatic heterocycles. The standard InChI is InChI=1S/C15H11BrF3NO3S/c1-10-2-8-13(9-3-10)24(21,22)23-20-14(15(17,18)19)11-4-6-12(16)7-5-11/h2-9H,1H3/b20-14+. The number of alkyl halides is 3. The third kappa shape index (κ3) is 4.57. The van der Waals surface area contributed by atoms with Crippen LogP contribution >= 0.6 is 15.9 Å². The maximum absolute atomic E-state index is 13.1. The van der Waals surface area contributed by atoms with E-state index < -0.39 is 22.0 Å². The van der Waals surface area contributed by atoms with Crippen molar-refractivity contribution < 1.29 is 25.9 Å². The van der Waals surface area contributed by atoms with Crippen LogP contribution in [0.25, 0.3) is 0 Å². The summed E-state index contributed by atoms with van der Waals surface area (Å²) in [5.74, 6) is 0. The van der Waals surface area contributed by atoms with Crippen LogP contribution < -0.4 is 0 Å². The van der Waals surface area contributed by atoms with Gasteiger partial charge in [-0.25, -0.2) is 0 Å². The number of hydrogen-bond donors (Lipinski definition) is 0. The SMILES string of the molecule is Cc1ccc(S(=O)(=O)O/N=C(\c2ccc(Br)cc2)C(F)(F)F)cc1. The highest BCUT2D eigenvalue weighted by Crippen LogP contribution is 2.25. The first kappa shape index (κ1) is 18.5. The van der Waals surface area contributed by atoms with Crippen molar-refractivity contribution in [3.63, 3.8) is 0 Å². The summed E-state index contributed by atoms with van der Waals surface area (Å²) in [5.41, 5.74) is -0.959. The number of benzene rings is 2. The van der Waals surface area contributed by atoms with Crippen molar-refractivity contribution in [2.45, 2.75) is 18.0 Å². The van der Waals surface area contributed by atoms with Crippen LogP contribution in [-0.2, 0) is 14.4 Å². The van der Waals surface area contributed by atoms with E-state index in [0.717, 1.165) is 17.7 Å². The minimum Gasteiger partial charge on any atom is -0.264 e. The number of aryl methyl sites for hydroxylation is 1. The molecule has 0 radical (unpaired) electrons. The molecule has 0 bridgehead atoms. The van der Waals surface area contributed by atoms with Gasteiger partial charge in [0.25, 0.3) is 0 Å². The van der Waals surface area contributed by atoms with E-state index in [4.69, 9.17) is 0 Å². The predicted octanol–water partition coefficient (Wildman–Crippen LogP) is 4.43. The molecule has 4 nitrogen and oxygen atoms in total. The molecule has 2 rings (SSSR count). The molecule has 0 aromatic heterocycles. The fraction of sp³-hybridized carbons (Fsp3) is 0.133. The first-order valence-corrected chi connectivity index (χ1v) is 8.71. The van der Waals surface area contributed by atoms with Gasteiger partial charge >= 0.3 is 16.3 Å². The number of hydrogen-bond acceptors (Lipinski definition) is 4. The Balaban J connectivity index is 2.37. The second kappa shape index (κ2) is 6.94. The molecule has 0 aliphatic rings. The molecule has 128 valence electrons. The molecule has 0 fully saturated rings. The first-order chi connectivity index (χ1) is 11.1. The maximum atomic E-state index is 13.1. The van der Waals surface area contributed by atoms with Crippen LogP contribution in [0, 0.1) is 6.92 Å². The molecule has 9 heteroatoms. The Hall–Kier alpha value is -1.87. The van der Waals surface area contributed by atoms with Gasteiger partial charge in [-0.2, -0.15) is 21.6 Å². The zero-order chi connectivity index (χ0) is 18.0. The molecule has 2 aromatic carbocycles. The predicted molar refractivity (Wildman–Crippen MR) is 86.2 cm³/mol. The fourth-order valence-electron chi connectivity index (χ4n) is 1.71. The van der Waals surface area contributed by atoms with E-state index in [1.807, 2.05) is 0 Å². The molecule has 0 saturated carbocycles. The highest BCUT2D eigenvalue weighted by Gasteiger charge is 2.38. The van der Waals surface area contributed by atoms with Crippen LogP contribution in [0.1, 0.15) is 11.1 Å². The largest absolute Gasteiger partial charge is 0.437 e. The first-order valence-electron chi connectivity index (χ1n) is 6.51. The molecule has 0 N–H and O–H groups in total. The molecule has 0 amide bonds.